The van der Waals surface area contributed by atoms with Crippen LogP contribution in [0.25, 0.3) is 0 Å². The minimum Gasteiger partial charge on any atom is -0.343 e. The van der Waals surface area contributed by atoms with Gasteiger partial charge in [0, 0.05) is 24.2 Å². The van der Waals surface area contributed by atoms with Gasteiger partial charge < -0.3 is 5.32 Å². The summed E-state index contributed by atoms with van der Waals surface area (Å²) in [5.74, 6) is 1.59. The van der Waals surface area contributed by atoms with Gasteiger partial charge in [0.05, 0.1) is 6.20 Å². The average Bonchev–Trinajstić information content (AvgIpc) is 2.92. The van der Waals surface area contributed by atoms with E-state index in [1.54, 1.807) is 12.3 Å². The molecule has 0 saturated carbocycles. The number of allylic oxidation sites excluding steroid dienone is 2. The maximum Gasteiger partial charge on any atom is 0.160 e. The van der Waals surface area contributed by atoms with Crippen molar-refractivity contribution in [2.45, 2.75) is 65.8 Å². The molecule has 130 valence electrons. The Kier molecular flexibility index (Phi) is 6.60. The fraction of sp³-hybridized carbons (Fsp3) is 0.632. The highest BCUT2D eigenvalue weighted by Gasteiger charge is 2.24. The molecule has 1 aromatic heterocycles. The summed E-state index contributed by atoms with van der Waals surface area (Å²) in [6.07, 6.45) is 9.30. The zero-order chi connectivity index (χ0) is 17.5. The molecule has 0 spiro atoms. The van der Waals surface area contributed by atoms with E-state index in [9.17, 15) is 10.1 Å². The van der Waals surface area contributed by atoms with Crippen molar-refractivity contribution >= 4 is 11.6 Å². The number of unbranched alkanes of at least 4 members (excludes halogenated alkanes) is 2. The third-order valence-electron chi connectivity index (χ3n) is 4.45. The number of nitrogens with zero attached hydrogens (tertiary/aromatic N) is 3. The smallest absolute Gasteiger partial charge is 0.160 e. The van der Waals surface area contributed by atoms with Crippen molar-refractivity contribution in [1.82, 2.24) is 9.78 Å². The summed E-state index contributed by atoms with van der Waals surface area (Å²) < 4.78 is 1.85. The number of carbonyl (C=O) groups is 1. The van der Waals surface area contributed by atoms with Crippen LogP contribution in [0.4, 0.5) is 5.82 Å². The first-order chi connectivity index (χ1) is 11.5. The minimum absolute atomic E-state index is 0.139. The molecule has 0 fully saturated rings. The number of nitriles is 1. The van der Waals surface area contributed by atoms with Crippen LogP contribution < -0.4 is 5.32 Å². The molecule has 0 saturated heterocycles. The highest BCUT2D eigenvalue weighted by molar-refractivity contribution is 5.93. The van der Waals surface area contributed by atoms with Crippen LogP contribution >= 0.6 is 0 Å². The summed E-state index contributed by atoms with van der Waals surface area (Å²) in [4.78, 5) is 12.3. The lowest BCUT2D eigenvalue weighted by molar-refractivity contribution is -0.119. The van der Waals surface area contributed by atoms with Gasteiger partial charge in [-0.2, -0.15) is 10.4 Å². The second-order valence-corrected chi connectivity index (χ2v) is 7.01. The Labute approximate surface area is 144 Å². The topological polar surface area (TPSA) is 70.7 Å². The molecule has 0 aromatic carbocycles. The molecule has 1 unspecified atom stereocenters. The lowest BCUT2D eigenvalue weighted by Gasteiger charge is -2.23. The van der Waals surface area contributed by atoms with Gasteiger partial charge in [-0.3, -0.25) is 4.79 Å². The van der Waals surface area contributed by atoms with E-state index in [2.05, 4.69) is 37.3 Å². The second kappa shape index (κ2) is 8.68. The SMILES string of the molecule is CCCCCn1ncc(C#N)c1NC1=CC(=O)C(CC(C)C)CC1. The van der Waals surface area contributed by atoms with Crippen LogP contribution in [-0.2, 0) is 11.3 Å². The molecule has 1 aliphatic rings. The highest BCUT2D eigenvalue weighted by Crippen LogP contribution is 2.28. The number of anilines is 1. The molecule has 2 rings (SSSR count). The van der Waals surface area contributed by atoms with Crippen LogP contribution in [0.15, 0.2) is 18.0 Å². The van der Waals surface area contributed by atoms with Crippen molar-refractivity contribution < 1.29 is 4.79 Å². The second-order valence-electron chi connectivity index (χ2n) is 7.01. The van der Waals surface area contributed by atoms with Crippen LogP contribution in [-0.4, -0.2) is 15.6 Å². The van der Waals surface area contributed by atoms with Crippen molar-refractivity contribution in [1.29, 1.82) is 5.26 Å². The molecule has 1 aromatic rings. The molecular formula is C19H28N4O. The molecule has 5 nitrogen and oxygen atoms in total. The summed E-state index contributed by atoms with van der Waals surface area (Å²) in [5.41, 5.74) is 1.43. The van der Waals surface area contributed by atoms with Gasteiger partial charge in [-0.25, -0.2) is 4.68 Å². The Morgan fingerprint density at radius 2 is 2.25 bits per heavy atom. The number of hydrogen-bond acceptors (Lipinski definition) is 4. The van der Waals surface area contributed by atoms with Gasteiger partial charge in [-0.1, -0.05) is 33.6 Å². The molecule has 0 radical (unpaired) electrons. The maximum absolute atomic E-state index is 12.3. The number of nitrogens with one attached hydrogen (secondary N) is 1. The lowest BCUT2D eigenvalue weighted by atomic mass is 9.85. The molecule has 1 heterocycles. The van der Waals surface area contributed by atoms with Crippen molar-refractivity contribution in [3.8, 4) is 6.07 Å². The van der Waals surface area contributed by atoms with Gasteiger partial charge in [0.2, 0.25) is 0 Å². The Bertz CT molecular complexity index is 636. The van der Waals surface area contributed by atoms with Crippen molar-refractivity contribution in [3.05, 3.63) is 23.5 Å². The first-order valence-corrected chi connectivity index (χ1v) is 9.02. The number of hydrogen-bond donors (Lipinski definition) is 1. The normalized spacial score (nSPS) is 17.7. The first kappa shape index (κ1) is 18.3. The van der Waals surface area contributed by atoms with E-state index in [0.29, 0.717) is 11.5 Å². The molecule has 0 amide bonds. The monoisotopic (exact) mass is 328 g/mol. The summed E-state index contributed by atoms with van der Waals surface area (Å²) in [7, 11) is 0. The predicted molar refractivity (Wildman–Crippen MR) is 95.4 cm³/mol. The van der Waals surface area contributed by atoms with Crippen LogP contribution in [0.5, 0.6) is 0 Å². The van der Waals surface area contributed by atoms with Gasteiger partial charge in [-0.05, 0) is 31.6 Å². The summed E-state index contributed by atoms with van der Waals surface area (Å²) in [6.45, 7) is 7.25. The third-order valence-corrected chi connectivity index (χ3v) is 4.45. The lowest BCUT2D eigenvalue weighted by Crippen LogP contribution is -2.22. The molecule has 1 N–H and O–H groups in total. The zero-order valence-corrected chi connectivity index (χ0v) is 15.0. The van der Waals surface area contributed by atoms with Crippen LogP contribution in [0.1, 0.15) is 64.9 Å². The summed E-state index contributed by atoms with van der Waals surface area (Å²) in [6, 6.07) is 2.18. The molecule has 5 heteroatoms. The van der Waals surface area contributed by atoms with Crippen molar-refractivity contribution in [3.63, 3.8) is 0 Å². The number of ketones is 1. The summed E-state index contributed by atoms with van der Waals surface area (Å²) >= 11 is 0. The average molecular weight is 328 g/mol. The summed E-state index contributed by atoms with van der Waals surface area (Å²) in [5, 5.41) is 16.9. The molecule has 24 heavy (non-hydrogen) atoms. The van der Waals surface area contributed by atoms with Gasteiger partial charge in [-0.15, -0.1) is 0 Å². The number of carbonyl (C=O) groups excluding carboxylic acids is 1. The Morgan fingerprint density at radius 3 is 2.88 bits per heavy atom. The van der Waals surface area contributed by atoms with E-state index in [4.69, 9.17) is 0 Å². The molecular weight excluding hydrogens is 300 g/mol. The van der Waals surface area contributed by atoms with E-state index >= 15 is 0 Å². The molecule has 0 bridgehead atoms. The fourth-order valence-electron chi connectivity index (χ4n) is 3.17. The van der Waals surface area contributed by atoms with Gasteiger partial charge >= 0.3 is 0 Å². The largest absolute Gasteiger partial charge is 0.343 e. The van der Waals surface area contributed by atoms with Gasteiger partial charge in [0.25, 0.3) is 0 Å². The van der Waals surface area contributed by atoms with E-state index in [1.165, 1.54) is 0 Å². The Morgan fingerprint density at radius 1 is 1.46 bits per heavy atom. The van der Waals surface area contributed by atoms with E-state index in [1.807, 2.05) is 4.68 Å². The zero-order valence-electron chi connectivity index (χ0n) is 15.0. The quantitative estimate of drug-likeness (QED) is 0.724. The van der Waals surface area contributed by atoms with Crippen LogP contribution in [0.3, 0.4) is 0 Å². The van der Waals surface area contributed by atoms with Crippen LogP contribution in [0.2, 0.25) is 0 Å². The molecule has 1 atom stereocenters. The molecule has 0 aliphatic heterocycles. The number of rotatable bonds is 8. The Balaban J connectivity index is 2.09. The minimum atomic E-state index is 0.139. The van der Waals surface area contributed by atoms with E-state index < -0.39 is 0 Å². The standard InChI is InChI=1S/C19H28N4O/c1-4-5-6-9-23-19(16(12-20)13-21-23)22-17-8-7-15(10-14(2)3)18(24)11-17/h11,13-15,22H,4-10H2,1-3H3. The molecule has 1 aliphatic carbocycles. The number of aromatic nitrogens is 2. The van der Waals surface area contributed by atoms with Gasteiger partial charge in [0.1, 0.15) is 17.5 Å². The first-order valence-electron chi connectivity index (χ1n) is 9.02. The predicted octanol–water partition coefficient (Wildman–Crippen LogP) is 4.27. The number of aryl methyl sites for hydroxylation is 1. The maximum atomic E-state index is 12.3. The van der Waals surface area contributed by atoms with Crippen LogP contribution in [0, 0.1) is 23.2 Å². The third kappa shape index (κ3) is 4.70. The van der Waals surface area contributed by atoms with E-state index in [0.717, 1.165) is 56.6 Å². The van der Waals surface area contributed by atoms with Crippen molar-refractivity contribution in [2.24, 2.45) is 11.8 Å². The Hall–Kier alpha value is -2.09. The van der Waals surface area contributed by atoms with Crippen molar-refractivity contribution in [2.75, 3.05) is 5.32 Å². The van der Waals surface area contributed by atoms with Gasteiger partial charge in [0.15, 0.2) is 5.78 Å². The highest BCUT2D eigenvalue weighted by atomic mass is 16.1. The fourth-order valence-corrected chi connectivity index (χ4v) is 3.17. The van der Waals surface area contributed by atoms with E-state index in [-0.39, 0.29) is 11.7 Å².